The molecule has 2 atom stereocenters. The summed E-state index contributed by atoms with van der Waals surface area (Å²) in [7, 11) is 0. The first-order valence-electron chi connectivity index (χ1n) is 15.5. The number of thiazole rings is 1. The Kier molecular flexibility index (Phi) is 10.6. The zero-order valence-corrected chi connectivity index (χ0v) is 30.2. The van der Waals surface area contributed by atoms with E-state index in [9.17, 15) is 34.5 Å². The Balaban J connectivity index is 1.24. The molecule has 20 heteroatoms. The zero-order chi connectivity index (χ0) is 38.0. The first-order valence-corrected chi connectivity index (χ1v) is 18.4. The molecule has 0 bridgehead atoms. The number of amides is 3. The lowest BCUT2D eigenvalue weighted by atomic mass is 10.0. The van der Waals surface area contributed by atoms with Crippen LogP contribution in [0.3, 0.4) is 0 Å². The van der Waals surface area contributed by atoms with E-state index in [0.717, 1.165) is 21.8 Å². The van der Waals surface area contributed by atoms with Gasteiger partial charge in [-0.25, -0.2) is 25.2 Å². The number of phenols is 2. The quantitative estimate of drug-likeness (QED) is 0.0207. The second-order valence-electron chi connectivity index (χ2n) is 11.9. The van der Waals surface area contributed by atoms with E-state index < -0.39 is 46.4 Å². The van der Waals surface area contributed by atoms with Gasteiger partial charge >= 0.3 is 5.97 Å². The maximum atomic E-state index is 13.5. The molecule has 8 N–H and O–H groups in total. The molecular formula is C33H30N8O9S3. The summed E-state index contributed by atoms with van der Waals surface area (Å²) in [6.07, 6.45) is 1.58. The summed E-state index contributed by atoms with van der Waals surface area (Å²) in [6.45, 7) is 2.58. The van der Waals surface area contributed by atoms with Crippen LogP contribution in [0.5, 0.6) is 11.5 Å². The molecule has 274 valence electrons. The number of hydroxylamine groups is 1. The van der Waals surface area contributed by atoms with Crippen molar-refractivity contribution in [2.24, 2.45) is 5.16 Å². The number of carboxylic acids is 1. The number of hydrogen-bond donors (Lipinski definition) is 7. The van der Waals surface area contributed by atoms with Crippen molar-refractivity contribution >= 4 is 69.4 Å². The average Bonchev–Trinajstić information content (AvgIpc) is 3.58. The zero-order valence-electron chi connectivity index (χ0n) is 27.7. The number of anilines is 1. The van der Waals surface area contributed by atoms with Crippen LogP contribution in [0.15, 0.2) is 81.6 Å². The van der Waals surface area contributed by atoms with Gasteiger partial charge in [0.2, 0.25) is 5.60 Å². The Morgan fingerprint density at radius 3 is 2.53 bits per heavy atom. The van der Waals surface area contributed by atoms with Crippen LogP contribution in [0.25, 0.3) is 22.5 Å². The van der Waals surface area contributed by atoms with Crippen LogP contribution in [0.2, 0.25) is 0 Å². The summed E-state index contributed by atoms with van der Waals surface area (Å²) in [5.41, 5.74) is 7.06. The normalized spacial score (nSPS) is 17.2. The molecule has 0 radical (unpaired) electrons. The van der Waals surface area contributed by atoms with E-state index in [1.807, 2.05) is 30.3 Å². The number of aromatic nitrogens is 3. The molecule has 17 nitrogen and oxygen atoms in total. The Morgan fingerprint density at radius 2 is 1.87 bits per heavy atom. The Morgan fingerprint density at radius 1 is 1.11 bits per heavy atom. The predicted molar refractivity (Wildman–Crippen MR) is 195 cm³/mol. The lowest BCUT2D eigenvalue weighted by Gasteiger charge is -2.49. The number of thioether (sulfide) groups is 2. The van der Waals surface area contributed by atoms with Crippen LogP contribution in [0, 0.1) is 0 Å². The summed E-state index contributed by atoms with van der Waals surface area (Å²) in [5, 5.41) is 47.0. The minimum atomic E-state index is -1.71. The van der Waals surface area contributed by atoms with Gasteiger partial charge in [0.25, 0.3) is 17.7 Å². The molecule has 2 aromatic heterocycles. The van der Waals surface area contributed by atoms with Crippen molar-refractivity contribution in [3.63, 3.8) is 0 Å². The summed E-state index contributed by atoms with van der Waals surface area (Å²) in [4.78, 5) is 71.3. The van der Waals surface area contributed by atoms with Gasteiger partial charge in [-0.15, -0.1) is 34.9 Å². The molecule has 4 aromatic rings. The molecule has 0 unspecified atom stereocenters. The number of carbonyl (C=O) groups is 4. The third-order valence-corrected chi connectivity index (χ3v) is 11.1. The molecule has 0 aliphatic carbocycles. The van der Waals surface area contributed by atoms with E-state index in [4.69, 9.17) is 20.8 Å². The number of aromatic hydroxyl groups is 2. The maximum absolute atomic E-state index is 13.5. The number of aliphatic carboxylic acids is 1. The van der Waals surface area contributed by atoms with Crippen LogP contribution in [-0.2, 0) is 24.0 Å². The van der Waals surface area contributed by atoms with Crippen molar-refractivity contribution in [1.29, 1.82) is 0 Å². The number of benzene rings is 2. The fourth-order valence-electron chi connectivity index (χ4n) is 5.19. The van der Waals surface area contributed by atoms with Crippen molar-refractivity contribution in [3.8, 4) is 34.0 Å². The Labute approximate surface area is 312 Å². The van der Waals surface area contributed by atoms with E-state index in [0.29, 0.717) is 27.6 Å². The van der Waals surface area contributed by atoms with Crippen LogP contribution < -0.4 is 16.5 Å². The minimum absolute atomic E-state index is 0.00223. The number of nitrogen functional groups attached to an aromatic ring is 1. The summed E-state index contributed by atoms with van der Waals surface area (Å²) >= 11 is 3.47. The van der Waals surface area contributed by atoms with Crippen LogP contribution >= 0.6 is 34.9 Å². The number of nitrogens with two attached hydrogens (primary N) is 1. The number of rotatable bonds is 12. The van der Waals surface area contributed by atoms with Gasteiger partial charge in [0.05, 0.1) is 0 Å². The minimum Gasteiger partial charge on any atom is -0.504 e. The summed E-state index contributed by atoms with van der Waals surface area (Å²) in [6, 6.07) is 12.4. The number of carbonyl (C=O) groups excluding carboxylic acids is 3. The first-order chi connectivity index (χ1) is 25.3. The van der Waals surface area contributed by atoms with E-state index in [1.165, 1.54) is 60.4 Å². The number of carboxylic acid groups (broad SMARTS) is 1. The Hall–Kier alpha value is -5.70. The van der Waals surface area contributed by atoms with Crippen molar-refractivity contribution in [2.75, 3.05) is 17.2 Å². The van der Waals surface area contributed by atoms with Crippen molar-refractivity contribution in [3.05, 3.63) is 77.1 Å². The highest BCUT2D eigenvalue weighted by molar-refractivity contribution is 8.01. The molecule has 0 spiro atoms. The molecule has 3 amide bonds. The van der Waals surface area contributed by atoms with E-state index in [1.54, 1.807) is 12.3 Å². The van der Waals surface area contributed by atoms with Crippen molar-refractivity contribution in [1.82, 2.24) is 30.6 Å². The predicted octanol–water partition coefficient (Wildman–Crippen LogP) is 2.80. The fraction of sp³-hybridized carbons (Fsp3) is 0.212. The highest BCUT2D eigenvalue weighted by Crippen LogP contribution is 2.43. The molecule has 53 heavy (non-hydrogen) atoms. The van der Waals surface area contributed by atoms with Gasteiger partial charge in [-0.3, -0.25) is 24.5 Å². The van der Waals surface area contributed by atoms with E-state index >= 15 is 0 Å². The lowest BCUT2D eigenvalue weighted by Crippen LogP contribution is -2.71. The average molecular weight is 779 g/mol. The fourth-order valence-corrected chi connectivity index (χ4v) is 8.24. The number of β-lactam (4-membered cyclic amide) rings is 1. The molecule has 2 aromatic carbocycles. The van der Waals surface area contributed by atoms with Crippen LogP contribution in [0.4, 0.5) is 5.13 Å². The number of nitrogens with one attached hydrogen (secondary N) is 2. The second-order valence-corrected chi connectivity index (χ2v) is 14.9. The third kappa shape index (κ3) is 7.61. The lowest BCUT2D eigenvalue weighted by molar-refractivity contribution is -0.152. The number of oxime groups is 1. The third-order valence-electron chi connectivity index (χ3n) is 7.98. The summed E-state index contributed by atoms with van der Waals surface area (Å²) in [5.74, 6) is -3.78. The van der Waals surface area contributed by atoms with Crippen molar-refractivity contribution < 1.29 is 44.5 Å². The van der Waals surface area contributed by atoms with Gasteiger partial charge in [0.1, 0.15) is 27.8 Å². The van der Waals surface area contributed by atoms with Crippen LogP contribution in [0.1, 0.15) is 19.5 Å². The maximum Gasteiger partial charge on any atom is 0.352 e. The largest absolute Gasteiger partial charge is 0.504 e. The highest BCUT2D eigenvalue weighted by atomic mass is 32.2. The highest BCUT2D eigenvalue weighted by Gasteiger charge is 2.54. The molecule has 2 aliphatic heterocycles. The molecule has 2 aliphatic rings. The molecule has 4 heterocycles. The Bertz CT molecular complexity index is 2180. The number of fused-ring (bicyclic) bond motifs is 1. The SMILES string of the molecule is CC(C)(O/N=C(\C(=O)N[C@@H]1C(=O)N2C(C(=O)O)=C(CSc3nc(-c4ccccc4)ncc3-c3ccc(O)c(O)c3)CS[C@H]12)c1csc(N)n1)C(=O)NO. The van der Waals surface area contributed by atoms with Gasteiger partial charge in [-0.2, -0.15) is 0 Å². The number of nitrogens with zero attached hydrogens (tertiary/aromatic N) is 5. The molecule has 6 rings (SSSR count). The first kappa shape index (κ1) is 37.1. The van der Waals surface area contributed by atoms with Gasteiger partial charge in [0, 0.05) is 34.2 Å². The molecule has 0 saturated carbocycles. The van der Waals surface area contributed by atoms with Gasteiger partial charge in [0.15, 0.2) is 28.2 Å². The van der Waals surface area contributed by atoms with Crippen molar-refractivity contribution in [2.45, 2.75) is 35.9 Å². The molecule has 1 saturated heterocycles. The number of hydrogen-bond acceptors (Lipinski definition) is 16. The molecule has 1 fully saturated rings. The topological polar surface area (TPSA) is 263 Å². The second kappa shape index (κ2) is 15.1. The smallest absolute Gasteiger partial charge is 0.352 e. The van der Waals surface area contributed by atoms with E-state index in [-0.39, 0.29) is 39.5 Å². The van der Waals surface area contributed by atoms with E-state index in [2.05, 4.69) is 20.4 Å². The monoisotopic (exact) mass is 778 g/mol. The standard InChI is InChI=1S/C33H30N8O9S3/c1-33(2,31(48)39-49)50-40-22(19-14-53-32(34)36-19)26(44)37-23-28(45)41-24(30(46)47)17(13-52-29(23)41)12-51-27-18(16-8-9-20(42)21(43)10-16)11-35-25(38-27)15-6-4-3-5-7-15/h3-11,14,23,29,42-43,49H,12-13H2,1-2H3,(H2,34,36)(H,37,44)(H,39,48)(H,46,47)/b40-22-/t23-,29-/m1/s1. The van der Waals surface area contributed by atoms with Gasteiger partial charge in [-0.1, -0.05) is 41.6 Å². The summed E-state index contributed by atoms with van der Waals surface area (Å²) < 4.78 is 0. The van der Waals surface area contributed by atoms with Gasteiger partial charge in [-0.05, 0) is 37.1 Å². The molecular weight excluding hydrogens is 749 g/mol. The van der Waals surface area contributed by atoms with Gasteiger partial charge < -0.3 is 31.2 Å². The van der Waals surface area contributed by atoms with Crippen LogP contribution in [-0.4, -0.2) is 98.3 Å². The number of phenolic OH excluding ortho intramolecular Hbond substituents is 2.